The Kier molecular flexibility index (Phi) is 5.20. The van der Waals surface area contributed by atoms with E-state index in [1.54, 1.807) is 16.8 Å². The molecule has 1 aromatic heterocycles. The molecule has 31 heavy (non-hydrogen) atoms. The zero-order valence-corrected chi connectivity index (χ0v) is 18.4. The number of fused-ring (bicyclic) bond motifs is 1. The second kappa shape index (κ2) is 8.02. The van der Waals surface area contributed by atoms with Crippen LogP contribution in [0.3, 0.4) is 0 Å². The van der Waals surface area contributed by atoms with E-state index in [1.807, 2.05) is 37.3 Å². The predicted molar refractivity (Wildman–Crippen MR) is 121 cm³/mol. The molecule has 0 spiro atoms. The molecule has 0 fully saturated rings. The van der Waals surface area contributed by atoms with E-state index in [-0.39, 0.29) is 5.78 Å². The molecular formula is C23H20Cl2N4O2. The number of ether oxygens (including phenoxy) is 1. The van der Waals surface area contributed by atoms with Gasteiger partial charge in [-0.3, -0.25) is 4.79 Å². The largest absolute Gasteiger partial charge is 0.494 e. The molecule has 6 nitrogen and oxygen atoms in total. The Balaban J connectivity index is 1.63. The minimum Gasteiger partial charge on any atom is -0.494 e. The zero-order valence-electron chi connectivity index (χ0n) is 16.9. The van der Waals surface area contributed by atoms with E-state index in [9.17, 15) is 4.79 Å². The number of aromatic nitrogens is 3. The van der Waals surface area contributed by atoms with E-state index in [4.69, 9.17) is 38.0 Å². The topological polar surface area (TPSA) is 69.0 Å². The molecule has 8 heteroatoms. The third-order valence-corrected chi connectivity index (χ3v) is 6.11. The first-order valence-electron chi connectivity index (χ1n) is 10.2. The number of allylic oxidation sites excluding steroid dienone is 2. The van der Waals surface area contributed by atoms with Gasteiger partial charge in [0.05, 0.1) is 6.61 Å². The van der Waals surface area contributed by atoms with Crippen molar-refractivity contribution in [2.75, 3.05) is 11.9 Å². The van der Waals surface area contributed by atoms with Gasteiger partial charge in [0.15, 0.2) is 11.6 Å². The Morgan fingerprint density at radius 2 is 1.97 bits per heavy atom. The molecule has 0 saturated heterocycles. The van der Waals surface area contributed by atoms with Gasteiger partial charge in [-0.25, -0.2) is 4.68 Å². The maximum absolute atomic E-state index is 12.9. The van der Waals surface area contributed by atoms with Gasteiger partial charge >= 0.3 is 0 Å². The number of halogens is 2. The van der Waals surface area contributed by atoms with Crippen molar-refractivity contribution < 1.29 is 9.53 Å². The number of Topliss-reactive ketones (excluding diaryl/α,β-unsaturated/α-hetero) is 1. The van der Waals surface area contributed by atoms with Crippen molar-refractivity contribution in [3.05, 3.63) is 69.3 Å². The lowest BCUT2D eigenvalue weighted by Crippen LogP contribution is -2.31. The lowest BCUT2D eigenvalue weighted by molar-refractivity contribution is -0.116. The van der Waals surface area contributed by atoms with Gasteiger partial charge in [-0.05, 0) is 56.2 Å². The average Bonchev–Trinajstić information content (AvgIpc) is 3.17. The molecule has 0 amide bonds. The highest BCUT2D eigenvalue weighted by atomic mass is 35.5. The summed E-state index contributed by atoms with van der Waals surface area (Å²) in [5.74, 6) is 2.05. The maximum Gasteiger partial charge on any atom is 0.226 e. The summed E-state index contributed by atoms with van der Waals surface area (Å²) in [7, 11) is 0. The third kappa shape index (κ3) is 3.60. The molecular weight excluding hydrogens is 435 g/mol. The number of carbonyl (C=O) groups excluding carboxylic acids is 1. The van der Waals surface area contributed by atoms with Gasteiger partial charge in [-0.15, -0.1) is 5.10 Å². The summed E-state index contributed by atoms with van der Waals surface area (Å²) in [6.45, 7) is 2.55. The van der Waals surface area contributed by atoms with Gasteiger partial charge in [0.2, 0.25) is 5.95 Å². The molecule has 158 valence electrons. The predicted octanol–water partition coefficient (Wildman–Crippen LogP) is 5.67. The molecule has 3 aromatic rings. The molecule has 1 atom stereocenters. The molecule has 1 unspecified atom stereocenters. The smallest absolute Gasteiger partial charge is 0.226 e. The molecule has 5 rings (SSSR count). The van der Waals surface area contributed by atoms with Crippen LogP contribution >= 0.6 is 23.2 Å². The van der Waals surface area contributed by atoms with Crippen molar-refractivity contribution in [3.8, 4) is 17.1 Å². The zero-order chi connectivity index (χ0) is 21.5. The SMILES string of the molecule is CCOc1ccc(-c2nc3n(n2)C(c2ccc(Cl)cc2Cl)C2=C(CCCC2=O)N3)cc1. The fourth-order valence-corrected chi connectivity index (χ4v) is 4.67. The number of anilines is 1. The average molecular weight is 455 g/mol. The van der Waals surface area contributed by atoms with E-state index >= 15 is 0 Å². The maximum atomic E-state index is 12.9. The number of carbonyl (C=O) groups is 1. The minimum atomic E-state index is -0.451. The highest BCUT2D eigenvalue weighted by Crippen LogP contribution is 2.43. The molecule has 1 N–H and O–H groups in total. The van der Waals surface area contributed by atoms with Gasteiger partial charge in [0, 0.05) is 38.9 Å². The van der Waals surface area contributed by atoms with Crippen LogP contribution in [0.15, 0.2) is 53.7 Å². The van der Waals surface area contributed by atoms with Gasteiger partial charge in [0.25, 0.3) is 0 Å². The Labute approximate surface area is 189 Å². The van der Waals surface area contributed by atoms with Crippen LogP contribution in [0.5, 0.6) is 5.75 Å². The van der Waals surface area contributed by atoms with Gasteiger partial charge in [-0.1, -0.05) is 29.3 Å². The fourth-order valence-electron chi connectivity index (χ4n) is 4.16. The molecule has 2 heterocycles. The van der Waals surface area contributed by atoms with E-state index < -0.39 is 6.04 Å². The number of nitrogens with zero attached hydrogens (tertiary/aromatic N) is 3. The van der Waals surface area contributed by atoms with Crippen LogP contribution in [0.2, 0.25) is 10.0 Å². The summed E-state index contributed by atoms with van der Waals surface area (Å²) in [6.07, 6.45) is 2.11. The first-order chi connectivity index (χ1) is 15.0. The molecule has 0 saturated carbocycles. The second-order valence-corrected chi connectivity index (χ2v) is 8.37. The fraction of sp³-hybridized carbons (Fsp3) is 0.261. The van der Waals surface area contributed by atoms with Crippen LogP contribution in [0.25, 0.3) is 11.4 Å². The number of hydrogen-bond acceptors (Lipinski definition) is 5. The quantitative estimate of drug-likeness (QED) is 0.549. The Bertz CT molecular complexity index is 1200. The summed E-state index contributed by atoms with van der Waals surface area (Å²) < 4.78 is 7.28. The number of hydrogen-bond donors (Lipinski definition) is 1. The van der Waals surface area contributed by atoms with Crippen LogP contribution in [0.4, 0.5) is 5.95 Å². The minimum absolute atomic E-state index is 0.105. The first kappa shape index (κ1) is 20.1. The molecule has 2 aromatic carbocycles. The lowest BCUT2D eigenvalue weighted by atomic mass is 9.85. The summed E-state index contributed by atoms with van der Waals surface area (Å²) in [4.78, 5) is 17.7. The van der Waals surface area contributed by atoms with Crippen molar-refractivity contribution in [2.45, 2.75) is 32.2 Å². The normalized spacial score (nSPS) is 17.8. The molecule has 1 aliphatic carbocycles. The van der Waals surface area contributed by atoms with E-state index in [1.165, 1.54) is 0 Å². The van der Waals surface area contributed by atoms with Gasteiger partial charge in [0.1, 0.15) is 11.8 Å². The van der Waals surface area contributed by atoms with Crippen molar-refractivity contribution in [3.63, 3.8) is 0 Å². The molecule has 2 aliphatic rings. The van der Waals surface area contributed by atoms with Crippen molar-refractivity contribution in [1.82, 2.24) is 14.8 Å². The Hall–Kier alpha value is -2.83. The van der Waals surface area contributed by atoms with Crippen LogP contribution in [0, 0.1) is 0 Å². The van der Waals surface area contributed by atoms with Crippen molar-refractivity contribution >= 4 is 34.9 Å². The first-order valence-corrected chi connectivity index (χ1v) is 11.0. The number of benzene rings is 2. The number of ketones is 1. The standard InChI is InChI=1S/C23H20Cl2N4O2/c1-2-31-15-9-6-13(7-10-15)22-27-23-26-18-4-3-5-19(30)20(18)21(29(23)28-22)16-11-8-14(24)12-17(16)25/h6-12,21H,2-5H2,1H3,(H,26,27,28). The van der Waals surface area contributed by atoms with E-state index in [0.717, 1.165) is 35.4 Å². The van der Waals surface area contributed by atoms with Crippen LogP contribution < -0.4 is 10.1 Å². The number of rotatable bonds is 4. The van der Waals surface area contributed by atoms with Crippen LogP contribution in [-0.2, 0) is 4.79 Å². The Morgan fingerprint density at radius 1 is 1.16 bits per heavy atom. The van der Waals surface area contributed by atoms with Crippen molar-refractivity contribution in [1.29, 1.82) is 0 Å². The lowest BCUT2D eigenvalue weighted by Gasteiger charge is -2.32. The van der Waals surface area contributed by atoms with Crippen LogP contribution in [0.1, 0.15) is 37.8 Å². The van der Waals surface area contributed by atoms with Crippen molar-refractivity contribution in [2.24, 2.45) is 0 Å². The number of nitrogens with one attached hydrogen (secondary N) is 1. The summed E-state index contributed by atoms with van der Waals surface area (Å²) >= 11 is 12.7. The van der Waals surface area contributed by atoms with E-state index in [0.29, 0.717) is 40.4 Å². The van der Waals surface area contributed by atoms with Gasteiger partial charge in [-0.2, -0.15) is 4.98 Å². The molecule has 0 radical (unpaired) electrons. The summed E-state index contributed by atoms with van der Waals surface area (Å²) in [5.41, 5.74) is 3.23. The highest BCUT2D eigenvalue weighted by molar-refractivity contribution is 6.35. The summed E-state index contributed by atoms with van der Waals surface area (Å²) in [5, 5.41) is 9.14. The monoisotopic (exact) mass is 454 g/mol. The third-order valence-electron chi connectivity index (χ3n) is 5.55. The van der Waals surface area contributed by atoms with Crippen LogP contribution in [-0.4, -0.2) is 27.2 Å². The Morgan fingerprint density at radius 3 is 2.71 bits per heavy atom. The second-order valence-electron chi connectivity index (χ2n) is 7.52. The summed E-state index contributed by atoms with van der Waals surface area (Å²) in [6, 6.07) is 12.5. The molecule has 1 aliphatic heterocycles. The highest BCUT2D eigenvalue weighted by Gasteiger charge is 2.37. The van der Waals surface area contributed by atoms with E-state index in [2.05, 4.69) is 5.32 Å². The van der Waals surface area contributed by atoms with Gasteiger partial charge < -0.3 is 10.1 Å². The molecule has 0 bridgehead atoms.